The topological polar surface area (TPSA) is 32.9 Å². The normalized spacial score (nSPS) is 42.2. The molecule has 4 saturated heterocycles. The Balaban J connectivity index is 1.51. The lowest BCUT2D eigenvalue weighted by atomic mass is 9.60. The molecule has 0 spiro atoms. The minimum absolute atomic E-state index is 0.344. The van der Waals surface area contributed by atoms with Crippen molar-refractivity contribution in [2.45, 2.75) is 19.9 Å². The van der Waals surface area contributed by atoms with Gasteiger partial charge in [-0.05, 0) is 38.2 Å². The number of para-hydroxylation sites is 1. The van der Waals surface area contributed by atoms with Crippen LogP contribution in [0, 0.1) is 10.8 Å². The van der Waals surface area contributed by atoms with E-state index in [-0.39, 0.29) is 0 Å². The summed E-state index contributed by atoms with van der Waals surface area (Å²) >= 11 is 5.60. The van der Waals surface area contributed by atoms with Gasteiger partial charge in [-0.3, -0.25) is 9.80 Å². The Labute approximate surface area is 137 Å². The van der Waals surface area contributed by atoms with Crippen LogP contribution in [0.3, 0.4) is 0 Å². The summed E-state index contributed by atoms with van der Waals surface area (Å²) in [5.41, 5.74) is 1.75. The van der Waals surface area contributed by atoms with Gasteiger partial charge < -0.3 is 10.6 Å². The van der Waals surface area contributed by atoms with E-state index in [1.807, 2.05) is 18.2 Å². The average Bonchev–Trinajstić information content (AvgIpc) is 2.42. The molecule has 1 aromatic carbocycles. The van der Waals surface area contributed by atoms with E-state index in [2.05, 4.69) is 36.6 Å². The fourth-order valence-corrected chi connectivity index (χ4v) is 5.79. The summed E-state index contributed by atoms with van der Waals surface area (Å²) in [7, 11) is 0. The highest BCUT2D eigenvalue weighted by Gasteiger charge is 2.65. The van der Waals surface area contributed by atoms with Gasteiger partial charge in [0.2, 0.25) is 6.67 Å². The number of piperidine rings is 2. The standard InChI is InChI=1S/C17H24N4S/c1-16-8-20-10-17(2,11-21(9-16)12-20)14(16)19-15(22)18-13-6-4-3-5-7-13/h3-7,14H,8-12H2,1-2H3,(H2,18,19,22)/p+2. The highest BCUT2D eigenvalue weighted by molar-refractivity contribution is 7.80. The molecule has 22 heavy (non-hydrogen) atoms. The Morgan fingerprint density at radius 3 is 2.14 bits per heavy atom. The van der Waals surface area contributed by atoms with Gasteiger partial charge in [0.15, 0.2) is 5.11 Å². The Hall–Kier alpha value is -1.17. The fourth-order valence-electron chi connectivity index (χ4n) is 5.56. The maximum absolute atomic E-state index is 5.60. The van der Waals surface area contributed by atoms with E-state index >= 15 is 0 Å². The molecule has 4 aliphatic rings. The first kappa shape index (κ1) is 14.4. The predicted octanol–water partition coefficient (Wildman–Crippen LogP) is -0.878. The first-order valence-electron chi connectivity index (χ1n) is 8.27. The maximum atomic E-state index is 5.60. The lowest BCUT2D eigenvalue weighted by Gasteiger charge is -2.61. The molecule has 5 rings (SSSR count). The minimum Gasteiger partial charge on any atom is -0.358 e. The van der Waals surface area contributed by atoms with Crippen LogP contribution in [-0.4, -0.2) is 44.0 Å². The van der Waals surface area contributed by atoms with Gasteiger partial charge in [-0.15, -0.1) is 0 Å². The van der Waals surface area contributed by atoms with Gasteiger partial charge in [0.25, 0.3) is 0 Å². The van der Waals surface area contributed by atoms with Gasteiger partial charge >= 0.3 is 0 Å². The predicted molar refractivity (Wildman–Crippen MR) is 92.1 cm³/mol. The first-order valence-corrected chi connectivity index (χ1v) is 8.67. The van der Waals surface area contributed by atoms with E-state index < -0.39 is 0 Å². The second-order valence-electron chi connectivity index (χ2n) is 8.09. The average molecular weight is 318 g/mol. The van der Waals surface area contributed by atoms with E-state index in [1.165, 1.54) is 32.8 Å². The molecule has 4 bridgehead atoms. The summed E-state index contributed by atoms with van der Waals surface area (Å²) in [5, 5.41) is 7.79. The maximum Gasteiger partial charge on any atom is 0.204 e. The first-order chi connectivity index (χ1) is 10.5. The quantitative estimate of drug-likeness (QED) is 0.535. The van der Waals surface area contributed by atoms with Crippen molar-refractivity contribution in [3.63, 3.8) is 0 Å². The summed E-state index contributed by atoms with van der Waals surface area (Å²) in [4.78, 5) is 3.55. The second-order valence-corrected chi connectivity index (χ2v) is 8.50. The van der Waals surface area contributed by atoms with Gasteiger partial charge in [0.1, 0.15) is 0 Å². The molecule has 4 fully saturated rings. The zero-order valence-corrected chi connectivity index (χ0v) is 14.2. The largest absolute Gasteiger partial charge is 0.358 e. The van der Waals surface area contributed by atoms with Gasteiger partial charge in [-0.25, -0.2) is 0 Å². The molecule has 0 aliphatic carbocycles. The molecule has 4 heterocycles. The van der Waals surface area contributed by atoms with Crippen molar-refractivity contribution in [1.29, 1.82) is 0 Å². The molecule has 0 atom stereocenters. The van der Waals surface area contributed by atoms with Crippen molar-refractivity contribution in [2.24, 2.45) is 10.8 Å². The number of thiocarbonyl (C=S) groups is 1. The lowest BCUT2D eigenvalue weighted by molar-refractivity contribution is -1.14. The van der Waals surface area contributed by atoms with Crippen LogP contribution in [-0.2, 0) is 0 Å². The molecule has 0 aromatic heterocycles. The number of quaternary nitrogens is 2. The molecule has 5 heteroatoms. The summed E-state index contributed by atoms with van der Waals surface area (Å²) in [6.45, 7) is 11.3. The van der Waals surface area contributed by atoms with E-state index in [4.69, 9.17) is 12.2 Å². The molecule has 118 valence electrons. The molecule has 0 radical (unpaired) electrons. The molecule has 4 aliphatic heterocycles. The Morgan fingerprint density at radius 2 is 1.59 bits per heavy atom. The second kappa shape index (κ2) is 4.91. The van der Waals surface area contributed by atoms with Crippen molar-refractivity contribution in [3.05, 3.63) is 30.3 Å². The van der Waals surface area contributed by atoms with Crippen molar-refractivity contribution < 1.29 is 9.80 Å². The lowest BCUT2D eigenvalue weighted by Crippen LogP contribution is -3.41. The highest BCUT2D eigenvalue weighted by atomic mass is 32.1. The third-order valence-electron chi connectivity index (χ3n) is 5.82. The molecular weight excluding hydrogens is 292 g/mol. The summed E-state index contributed by atoms with van der Waals surface area (Å²) in [6, 6.07) is 10.7. The van der Waals surface area contributed by atoms with Crippen molar-refractivity contribution in [3.8, 4) is 0 Å². The Morgan fingerprint density at radius 1 is 1.05 bits per heavy atom. The molecule has 1 aromatic rings. The van der Waals surface area contributed by atoms with Crippen molar-refractivity contribution in [1.82, 2.24) is 5.32 Å². The van der Waals surface area contributed by atoms with E-state index in [1.54, 1.807) is 9.80 Å². The summed E-state index contributed by atoms with van der Waals surface area (Å²) < 4.78 is 0. The number of hydrogen-bond acceptors (Lipinski definition) is 1. The molecule has 4 nitrogen and oxygen atoms in total. The molecule has 0 amide bonds. The smallest absolute Gasteiger partial charge is 0.204 e. The third-order valence-corrected chi connectivity index (χ3v) is 6.04. The monoisotopic (exact) mass is 318 g/mol. The Bertz CT molecular complexity index is 552. The van der Waals surface area contributed by atoms with Crippen molar-refractivity contribution in [2.75, 3.05) is 38.2 Å². The van der Waals surface area contributed by atoms with E-state index in [0.29, 0.717) is 16.9 Å². The number of nitrogens with one attached hydrogen (secondary N) is 4. The number of rotatable bonds is 2. The third kappa shape index (κ3) is 2.32. The SMILES string of the molecule is CC12C[NH+]3C[NH+](C1)CC(C)(C3)C2NC(=S)Nc1ccccc1. The van der Waals surface area contributed by atoms with E-state index in [0.717, 1.165) is 10.8 Å². The number of hydrogen-bond donors (Lipinski definition) is 4. The van der Waals surface area contributed by atoms with Gasteiger partial charge in [0.05, 0.1) is 43.1 Å². The fraction of sp³-hybridized carbons (Fsp3) is 0.588. The van der Waals surface area contributed by atoms with Gasteiger partial charge in [-0.2, -0.15) is 0 Å². The summed E-state index contributed by atoms with van der Waals surface area (Å²) in [6.07, 6.45) is 0. The zero-order valence-electron chi connectivity index (χ0n) is 13.4. The minimum atomic E-state index is 0.344. The van der Waals surface area contributed by atoms with Crippen LogP contribution in [0.2, 0.25) is 0 Å². The van der Waals surface area contributed by atoms with Crippen LogP contribution in [0.5, 0.6) is 0 Å². The van der Waals surface area contributed by atoms with E-state index in [9.17, 15) is 0 Å². The van der Waals surface area contributed by atoms with Crippen LogP contribution in [0.25, 0.3) is 0 Å². The highest BCUT2D eigenvalue weighted by Crippen LogP contribution is 2.38. The van der Waals surface area contributed by atoms with Crippen LogP contribution in [0.1, 0.15) is 13.8 Å². The Kier molecular flexibility index (Phi) is 3.22. The number of benzene rings is 1. The van der Waals surface area contributed by atoms with Crippen molar-refractivity contribution >= 4 is 23.0 Å². The number of anilines is 1. The van der Waals surface area contributed by atoms with Crippen LogP contribution in [0.15, 0.2) is 30.3 Å². The van der Waals surface area contributed by atoms with Gasteiger partial charge in [0, 0.05) is 5.69 Å². The summed E-state index contributed by atoms with van der Waals surface area (Å²) in [5.74, 6) is 0. The van der Waals surface area contributed by atoms with Gasteiger partial charge in [-0.1, -0.05) is 18.2 Å². The van der Waals surface area contributed by atoms with Crippen LogP contribution >= 0.6 is 12.2 Å². The molecule has 0 unspecified atom stereocenters. The molecular formula is C17H26N4S+2. The molecule has 4 N–H and O–H groups in total. The van der Waals surface area contributed by atoms with Crippen LogP contribution < -0.4 is 20.4 Å². The van der Waals surface area contributed by atoms with Crippen LogP contribution in [0.4, 0.5) is 5.69 Å². The zero-order chi connectivity index (χ0) is 15.4. The molecule has 0 saturated carbocycles.